The summed E-state index contributed by atoms with van der Waals surface area (Å²) in [5.41, 5.74) is 0.536. The summed E-state index contributed by atoms with van der Waals surface area (Å²) < 4.78 is 21.4. The van der Waals surface area contributed by atoms with Crippen molar-refractivity contribution in [1.82, 2.24) is 5.32 Å². The topological polar surface area (TPSA) is 104 Å². The lowest BCUT2D eigenvalue weighted by Crippen LogP contribution is -2.45. The third-order valence-corrected chi connectivity index (χ3v) is 5.57. The van der Waals surface area contributed by atoms with Crippen molar-refractivity contribution < 1.29 is 28.2 Å². The van der Waals surface area contributed by atoms with Gasteiger partial charge < -0.3 is 23.9 Å². The Morgan fingerprint density at radius 3 is 2.37 bits per heavy atom. The van der Waals surface area contributed by atoms with Crippen molar-refractivity contribution in [1.29, 1.82) is 0 Å². The second kappa shape index (κ2) is 11.3. The van der Waals surface area contributed by atoms with Crippen LogP contribution in [-0.4, -0.2) is 42.8 Å². The smallest absolute Gasteiger partial charge is 0.408 e. The third kappa shape index (κ3) is 7.26. The van der Waals surface area contributed by atoms with Gasteiger partial charge in [0.25, 0.3) is 0 Å². The van der Waals surface area contributed by atoms with Crippen LogP contribution in [-0.2, 0) is 9.53 Å². The van der Waals surface area contributed by atoms with Gasteiger partial charge >= 0.3 is 17.7 Å². The zero-order valence-electron chi connectivity index (χ0n) is 20.4. The Morgan fingerprint density at radius 1 is 1.06 bits per heavy atom. The van der Waals surface area contributed by atoms with Gasteiger partial charge in [-0.15, -0.1) is 0 Å². The predicted octanol–water partition coefficient (Wildman–Crippen LogP) is 5.02. The van der Waals surface area contributed by atoms with E-state index >= 15 is 0 Å². The van der Waals surface area contributed by atoms with Crippen LogP contribution in [0.1, 0.15) is 27.2 Å². The fourth-order valence-corrected chi connectivity index (χ4v) is 3.81. The molecular weight excluding hydrogens is 470 g/mol. The lowest BCUT2D eigenvalue weighted by molar-refractivity contribution is -0.136. The van der Waals surface area contributed by atoms with Crippen molar-refractivity contribution in [3.8, 4) is 22.6 Å². The van der Waals surface area contributed by atoms with Crippen molar-refractivity contribution in [2.24, 2.45) is 0 Å². The molecule has 0 aliphatic carbocycles. The summed E-state index contributed by atoms with van der Waals surface area (Å²) >= 11 is 1.54. The van der Waals surface area contributed by atoms with Gasteiger partial charge in [-0.25, -0.2) is 14.4 Å². The molecule has 8 nitrogen and oxygen atoms in total. The molecule has 1 heterocycles. The van der Waals surface area contributed by atoms with E-state index in [-0.39, 0.29) is 11.3 Å². The van der Waals surface area contributed by atoms with Crippen molar-refractivity contribution in [3.05, 3.63) is 59.0 Å². The van der Waals surface area contributed by atoms with Crippen LogP contribution in [0.25, 0.3) is 22.1 Å². The van der Waals surface area contributed by atoms with E-state index in [4.69, 9.17) is 18.6 Å². The number of nitrogens with one attached hydrogen (secondary N) is 1. The van der Waals surface area contributed by atoms with Crippen LogP contribution in [0.15, 0.2) is 57.7 Å². The summed E-state index contributed by atoms with van der Waals surface area (Å²) in [4.78, 5) is 37.3. The number of rotatable bonds is 8. The summed E-state index contributed by atoms with van der Waals surface area (Å²) in [6.07, 6.45) is 1.57. The minimum Gasteiger partial charge on any atom is -0.497 e. The molecule has 3 aromatic rings. The quantitative estimate of drug-likeness (QED) is 0.262. The highest BCUT2D eigenvalue weighted by Crippen LogP contribution is 2.31. The molecule has 1 atom stereocenters. The zero-order chi connectivity index (χ0) is 25.6. The Balaban J connectivity index is 1.85. The molecule has 1 N–H and O–H groups in total. The fraction of sp³-hybridized carbons (Fsp3) is 0.346. The number of ether oxygens (including phenoxy) is 3. The molecule has 35 heavy (non-hydrogen) atoms. The molecule has 0 saturated heterocycles. The number of amides is 1. The SMILES string of the molecule is COc1ccc(-c2cc(=O)oc3cc(OC(=O)C(CCSC)NC(=O)OC(C)(C)C)ccc23)cc1. The third-order valence-electron chi connectivity index (χ3n) is 4.92. The Labute approximate surface area is 207 Å². The van der Waals surface area contributed by atoms with Gasteiger partial charge in [-0.1, -0.05) is 12.1 Å². The summed E-state index contributed by atoms with van der Waals surface area (Å²) in [6, 6.07) is 12.6. The first-order valence-electron chi connectivity index (χ1n) is 11.0. The molecular formula is C26H29NO7S. The highest BCUT2D eigenvalue weighted by atomic mass is 32.2. The predicted molar refractivity (Wildman–Crippen MR) is 136 cm³/mol. The second-order valence-corrected chi connectivity index (χ2v) is 9.75. The molecule has 1 amide bonds. The van der Waals surface area contributed by atoms with Gasteiger partial charge in [0.1, 0.15) is 28.7 Å². The number of carbonyl (C=O) groups is 2. The van der Waals surface area contributed by atoms with Crippen LogP contribution in [0.4, 0.5) is 4.79 Å². The number of benzene rings is 2. The van der Waals surface area contributed by atoms with Gasteiger partial charge in [0.15, 0.2) is 0 Å². The number of alkyl carbamates (subject to hydrolysis) is 1. The maximum Gasteiger partial charge on any atom is 0.408 e. The Bertz CT molecular complexity index is 1250. The molecule has 186 valence electrons. The molecule has 0 fully saturated rings. The van der Waals surface area contributed by atoms with Gasteiger partial charge in [0.2, 0.25) is 0 Å². The fourth-order valence-electron chi connectivity index (χ4n) is 3.34. The minimum absolute atomic E-state index is 0.192. The number of methoxy groups -OCH3 is 1. The first kappa shape index (κ1) is 26.2. The highest BCUT2D eigenvalue weighted by Gasteiger charge is 2.26. The summed E-state index contributed by atoms with van der Waals surface area (Å²) in [5, 5.41) is 3.26. The van der Waals surface area contributed by atoms with E-state index in [1.807, 2.05) is 18.4 Å². The maximum atomic E-state index is 12.9. The van der Waals surface area contributed by atoms with Gasteiger partial charge in [-0.3, -0.25) is 0 Å². The van der Waals surface area contributed by atoms with Crippen molar-refractivity contribution in [2.75, 3.05) is 19.1 Å². The summed E-state index contributed by atoms with van der Waals surface area (Å²) in [6.45, 7) is 5.22. The molecule has 0 radical (unpaired) electrons. The highest BCUT2D eigenvalue weighted by molar-refractivity contribution is 7.98. The molecule has 0 aliphatic rings. The number of carbonyl (C=O) groups excluding carboxylic acids is 2. The number of hydrogen-bond donors (Lipinski definition) is 1. The lowest BCUT2D eigenvalue weighted by atomic mass is 10.0. The Morgan fingerprint density at radius 2 is 1.74 bits per heavy atom. The van der Waals surface area contributed by atoms with Crippen LogP contribution in [0.5, 0.6) is 11.5 Å². The molecule has 0 bridgehead atoms. The lowest BCUT2D eigenvalue weighted by Gasteiger charge is -2.22. The molecule has 0 spiro atoms. The molecule has 2 aromatic carbocycles. The number of thioether (sulfide) groups is 1. The average molecular weight is 500 g/mol. The first-order valence-corrected chi connectivity index (χ1v) is 12.4. The second-order valence-electron chi connectivity index (χ2n) is 8.77. The Kier molecular flexibility index (Phi) is 8.45. The van der Waals surface area contributed by atoms with Gasteiger partial charge in [-0.2, -0.15) is 11.8 Å². The largest absolute Gasteiger partial charge is 0.497 e. The van der Waals surface area contributed by atoms with E-state index in [9.17, 15) is 14.4 Å². The van der Waals surface area contributed by atoms with Crippen LogP contribution in [0.3, 0.4) is 0 Å². The monoisotopic (exact) mass is 499 g/mol. The van der Waals surface area contributed by atoms with Crippen LogP contribution in [0.2, 0.25) is 0 Å². The molecule has 1 aromatic heterocycles. The summed E-state index contributed by atoms with van der Waals surface area (Å²) in [5.74, 6) is 0.884. The van der Waals surface area contributed by atoms with E-state index in [0.717, 1.165) is 5.56 Å². The van der Waals surface area contributed by atoms with Gasteiger partial charge in [-0.05, 0) is 74.6 Å². The van der Waals surface area contributed by atoms with Crippen LogP contribution < -0.4 is 20.4 Å². The normalized spacial score (nSPS) is 12.1. The van der Waals surface area contributed by atoms with E-state index in [0.29, 0.717) is 28.9 Å². The molecule has 3 rings (SSSR count). The molecule has 0 saturated carbocycles. The van der Waals surface area contributed by atoms with Crippen LogP contribution >= 0.6 is 11.8 Å². The molecule has 0 aliphatic heterocycles. The average Bonchev–Trinajstić information content (AvgIpc) is 2.79. The molecule has 1 unspecified atom stereocenters. The van der Waals surface area contributed by atoms with Crippen molar-refractivity contribution in [3.63, 3.8) is 0 Å². The zero-order valence-corrected chi connectivity index (χ0v) is 21.2. The van der Waals surface area contributed by atoms with E-state index in [1.165, 1.54) is 12.1 Å². The maximum absolute atomic E-state index is 12.9. The first-order chi connectivity index (χ1) is 16.6. The molecule has 9 heteroatoms. The number of esters is 1. The summed E-state index contributed by atoms with van der Waals surface area (Å²) in [7, 11) is 1.58. The van der Waals surface area contributed by atoms with E-state index < -0.39 is 29.3 Å². The van der Waals surface area contributed by atoms with Gasteiger partial charge in [0.05, 0.1) is 7.11 Å². The van der Waals surface area contributed by atoms with Crippen molar-refractivity contribution in [2.45, 2.75) is 38.8 Å². The van der Waals surface area contributed by atoms with E-state index in [1.54, 1.807) is 63.9 Å². The standard InChI is InChI=1S/C26H29NO7S/c1-26(2,3)34-25(30)27-21(12-13-35-5)24(29)32-18-10-11-19-20(15-23(28)33-22(19)14-18)16-6-8-17(31-4)9-7-16/h6-11,14-15,21H,12-13H2,1-5H3,(H,27,30). The van der Waals surface area contributed by atoms with Gasteiger partial charge in [0, 0.05) is 17.5 Å². The van der Waals surface area contributed by atoms with E-state index in [2.05, 4.69) is 5.32 Å². The van der Waals surface area contributed by atoms with Crippen LogP contribution in [0, 0.1) is 0 Å². The minimum atomic E-state index is -0.898. The Hall–Kier alpha value is -3.46. The van der Waals surface area contributed by atoms with Crippen molar-refractivity contribution >= 4 is 34.8 Å². The number of hydrogen-bond acceptors (Lipinski definition) is 8. The number of fused-ring (bicyclic) bond motifs is 1.